The second kappa shape index (κ2) is 4.52. The highest BCUT2D eigenvalue weighted by Gasteiger charge is 2.49. The summed E-state index contributed by atoms with van der Waals surface area (Å²) >= 11 is 0. The lowest BCUT2D eigenvalue weighted by atomic mass is 9.73. The third-order valence-electron chi connectivity index (χ3n) is 5.22. The maximum absolute atomic E-state index is 9.82. The third-order valence-corrected chi connectivity index (χ3v) is 5.22. The topological polar surface area (TPSA) is 23.5 Å². The summed E-state index contributed by atoms with van der Waals surface area (Å²) < 4.78 is 0. The van der Waals surface area contributed by atoms with Gasteiger partial charge in [-0.1, -0.05) is 26.8 Å². The van der Waals surface area contributed by atoms with Crippen molar-refractivity contribution in [1.29, 1.82) is 0 Å². The van der Waals surface area contributed by atoms with E-state index in [2.05, 4.69) is 31.7 Å². The molecule has 1 saturated heterocycles. The Kier molecular flexibility index (Phi) is 3.09. The lowest BCUT2D eigenvalue weighted by molar-refractivity contribution is 0.0731. The fourth-order valence-electron chi connectivity index (χ4n) is 4.33. The van der Waals surface area contributed by atoms with Crippen LogP contribution in [0.15, 0.2) is 18.2 Å². The van der Waals surface area contributed by atoms with Crippen LogP contribution in [0.2, 0.25) is 0 Å². The number of nitrogens with zero attached hydrogens (tertiary/aromatic N) is 1. The van der Waals surface area contributed by atoms with Crippen LogP contribution >= 0.6 is 0 Å². The van der Waals surface area contributed by atoms with E-state index in [0.717, 1.165) is 0 Å². The molecule has 0 radical (unpaired) electrons. The number of benzene rings is 1. The predicted octanol–water partition coefficient (Wildman–Crippen LogP) is 3.85. The summed E-state index contributed by atoms with van der Waals surface area (Å²) in [6.45, 7) is 9.39. The Balaban J connectivity index is 2.07. The predicted molar refractivity (Wildman–Crippen MR) is 78.5 cm³/mol. The largest absolute Gasteiger partial charge is 0.508 e. The average Bonchev–Trinajstić information content (AvgIpc) is 2.60. The molecule has 104 valence electrons. The molecule has 2 nitrogen and oxygen atoms in total. The molecule has 0 bridgehead atoms. The number of phenolic OH excluding ortho intramolecular Hbond substituents is 1. The van der Waals surface area contributed by atoms with Gasteiger partial charge < -0.3 is 5.11 Å². The van der Waals surface area contributed by atoms with E-state index in [1.54, 1.807) is 0 Å². The lowest BCUT2D eigenvalue weighted by Crippen LogP contribution is -2.41. The van der Waals surface area contributed by atoms with Crippen molar-refractivity contribution in [2.45, 2.75) is 51.5 Å². The van der Waals surface area contributed by atoms with Gasteiger partial charge in [0.15, 0.2) is 0 Å². The summed E-state index contributed by atoms with van der Waals surface area (Å²) in [6, 6.07) is 6.58. The van der Waals surface area contributed by atoms with Crippen molar-refractivity contribution in [2.75, 3.05) is 13.1 Å². The summed E-state index contributed by atoms with van der Waals surface area (Å²) in [6.07, 6.45) is 3.84. The van der Waals surface area contributed by atoms with E-state index in [9.17, 15) is 5.11 Å². The molecule has 2 aliphatic rings. The second-order valence-corrected chi connectivity index (χ2v) is 6.72. The Morgan fingerprint density at radius 1 is 1.37 bits per heavy atom. The molecule has 0 aromatic heterocycles. The molecule has 2 heteroatoms. The molecule has 1 aliphatic heterocycles. The van der Waals surface area contributed by atoms with Crippen molar-refractivity contribution in [1.82, 2.24) is 4.90 Å². The summed E-state index contributed by atoms with van der Waals surface area (Å²) in [5, 5.41) is 9.82. The summed E-state index contributed by atoms with van der Waals surface area (Å²) in [5.74, 6) is 1.11. The van der Waals surface area contributed by atoms with Gasteiger partial charge in [-0.15, -0.1) is 0 Å². The Morgan fingerprint density at radius 2 is 2.16 bits per heavy atom. The zero-order valence-corrected chi connectivity index (χ0v) is 12.3. The van der Waals surface area contributed by atoms with Crippen molar-refractivity contribution < 1.29 is 5.11 Å². The van der Waals surface area contributed by atoms with E-state index >= 15 is 0 Å². The normalized spacial score (nSPS) is 29.0. The van der Waals surface area contributed by atoms with Crippen LogP contribution in [0.5, 0.6) is 5.75 Å². The van der Waals surface area contributed by atoms with Gasteiger partial charge in [-0.25, -0.2) is 0 Å². The van der Waals surface area contributed by atoms with E-state index in [-0.39, 0.29) is 5.41 Å². The standard InChI is InChI=1S/C17H25NO/c1-4-9-18-10-5-6-14-16(18)13-8-7-12(19)11-15(13)17(14,2)3/h7-8,11,14,16,19H,4-6,9-10H2,1-3H3. The number of fused-ring (bicyclic) bond motifs is 3. The molecular weight excluding hydrogens is 234 g/mol. The van der Waals surface area contributed by atoms with Crippen LogP contribution in [0.25, 0.3) is 0 Å². The van der Waals surface area contributed by atoms with Crippen LogP contribution in [-0.4, -0.2) is 23.1 Å². The number of hydrogen-bond acceptors (Lipinski definition) is 2. The van der Waals surface area contributed by atoms with Gasteiger partial charge in [-0.3, -0.25) is 4.90 Å². The molecule has 1 aromatic carbocycles. The van der Waals surface area contributed by atoms with E-state index in [4.69, 9.17) is 0 Å². The Labute approximate surface area is 116 Å². The van der Waals surface area contributed by atoms with Crippen molar-refractivity contribution in [3.63, 3.8) is 0 Å². The number of rotatable bonds is 2. The van der Waals surface area contributed by atoms with E-state index in [0.29, 0.717) is 17.7 Å². The highest BCUT2D eigenvalue weighted by atomic mass is 16.3. The minimum Gasteiger partial charge on any atom is -0.508 e. The summed E-state index contributed by atoms with van der Waals surface area (Å²) in [7, 11) is 0. The van der Waals surface area contributed by atoms with Crippen molar-refractivity contribution in [3.8, 4) is 5.75 Å². The van der Waals surface area contributed by atoms with Crippen molar-refractivity contribution >= 4 is 0 Å². The van der Waals surface area contributed by atoms with Gasteiger partial charge in [-0.2, -0.15) is 0 Å². The maximum atomic E-state index is 9.82. The first-order valence-corrected chi connectivity index (χ1v) is 7.63. The first-order chi connectivity index (χ1) is 9.05. The molecule has 2 atom stereocenters. The Morgan fingerprint density at radius 3 is 2.89 bits per heavy atom. The summed E-state index contributed by atoms with van der Waals surface area (Å²) in [5.41, 5.74) is 3.01. The van der Waals surface area contributed by atoms with Gasteiger partial charge in [-0.05, 0) is 66.9 Å². The molecule has 1 N–H and O–H groups in total. The number of hydrogen-bond donors (Lipinski definition) is 1. The zero-order valence-electron chi connectivity index (χ0n) is 12.3. The molecule has 1 aromatic rings. The van der Waals surface area contributed by atoms with Crippen molar-refractivity contribution in [2.24, 2.45) is 5.92 Å². The molecular formula is C17H25NO. The minimum atomic E-state index is 0.186. The van der Waals surface area contributed by atoms with Crippen LogP contribution < -0.4 is 0 Å². The van der Waals surface area contributed by atoms with E-state index in [1.165, 1.54) is 43.5 Å². The van der Waals surface area contributed by atoms with Crippen LogP contribution in [0.1, 0.15) is 57.2 Å². The van der Waals surface area contributed by atoms with Crippen LogP contribution in [-0.2, 0) is 5.41 Å². The number of likely N-dealkylation sites (tertiary alicyclic amines) is 1. The molecule has 1 aliphatic carbocycles. The molecule has 2 unspecified atom stereocenters. The Bertz CT molecular complexity index is 478. The SMILES string of the molecule is CCCN1CCCC2C1c1ccc(O)cc1C2(C)C. The first-order valence-electron chi connectivity index (χ1n) is 7.63. The minimum absolute atomic E-state index is 0.186. The fraction of sp³-hybridized carbons (Fsp3) is 0.647. The van der Waals surface area contributed by atoms with Gasteiger partial charge in [0.1, 0.15) is 5.75 Å². The lowest BCUT2D eigenvalue weighted by Gasteiger charge is -2.42. The van der Waals surface area contributed by atoms with Gasteiger partial charge in [0.2, 0.25) is 0 Å². The molecule has 1 heterocycles. The van der Waals surface area contributed by atoms with Crippen LogP contribution in [0, 0.1) is 5.92 Å². The first kappa shape index (κ1) is 13.0. The van der Waals surface area contributed by atoms with Crippen molar-refractivity contribution in [3.05, 3.63) is 29.3 Å². The van der Waals surface area contributed by atoms with Crippen LogP contribution in [0.3, 0.4) is 0 Å². The zero-order chi connectivity index (χ0) is 13.6. The Hall–Kier alpha value is -1.02. The smallest absolute Gasteiger partial charge is 0.115 e. The highest BCUT2D eigenvalue weighted by Crippen LogP contribution is 2.55. The molecule has 1 fully saturated rings. The summed E-state index contributed by atoms with van der Waals surface area (Å²) in [4.78, 5) is 2.67. The fourth-order valence-corrected chi connectivity index (χ4v) is 4.33. The highest BCUT2D eigenvalue weighted by molar-refractivity contribution is 5.47. The molecule has 0 saturated carbocycles. The molecule has 3 rings (SSSR count). The van der Waals surface area contributed by atoms with Gasteiger partial charge in [0.25, 0.3) is 0 Å². The molecule has 0 spiro atoms. The molecule has 0 amide bonds. The van der Waals surface area contributed by atoms with Gasteiger partial charge in [0.05, 0.1) is 0 Å². The van der Waals surface area contributed by atoms with Crippen LogP contribution in [0.4, 0.5) is 0 Å². The van der Waals surface area contributed by atoms with E-state index < -0.39 is 0 Å². The third kappa shape index (κ3) is 1.88. The molecule has 19 heavy (non-hydrogen) atoms. The number of phenols is 1. The van der Waals surface area contributed by atoms with Gasteiger partial charge in [0, 0.05) is 6.04 Å². The average molecular weight is 259 g/mol. The number of aromatic hydroxyl groups is 1. The van der Waals surface area contributed by atoms with Gasteiger partial charge >= 0.3 is 0 Å². The quantitative estimate of drug-likeness (QED) is 0.872. The monoisotopic (exact) mass is 259 g/mol. The second-order valence-electron chi connectivity index (χ2n) is 6.72. The maximum Gasteiger partial charge on any atom is 0.115 e. The number of piperidine rings is 1. The van der Waals surface area contributed by atoms with E-state index in [1.807, 2.05) is 12.1 Å².